The molecule has 0 heterocycles. The van der Waals surface area contributed by atoms with E-state index in [1.165, 1.54) is 0 Å². The van der Waals surface area contributed by atoms with Gasteiger partial charge >= 0.3 is 6.03 Å². The Morgan fingerprint density at radius 2 is 2.30 bits per heavy atom. The summed E-state index contributed by atoms with van der Waals surface area (Å²) in [7, 11) is 0. The second-order valence-corrected chi connectivity index (χ2v) is 1.56. The van der Waals surface area contributed by atoms with Crippen LogP contribution in [0.4, 0.5) is 4.79 Å². The highest BCUT2D eigenvalue weighted by molar-refractivity contribution is 5.71. The second-order valence-electron chi connectivity index (χ2n) is 1.56. The summed E-state index contributed by atoms with van der Waals surface area (Å²) in [4.78, 5) is 9.98. The first-order chi connectivity index (χ1) is 4.77. The van der Waals surface area contributed by atoms with Gasteiger partial charge in [0.15, 0.2) is 0 Å². The van der Waals surface area contributed by atoms with Crippen molar-refractivity contribution in [3.63, 3.8) is 0 Å². The largest absolute Gasteiger partial charge is 0.394 e. The number of urea groups is 1. The maximum absolute atomic E-state index is 9.98. The van der Waals surface area contributed by atoms with E-state index in [1.54, 1.807) is 0 Å². The molecule has 59 valence electrons. The molecule has 3 N–H and O–H groups in total. The number of nitrogens with zero attached hydrogens (tertiary/aromatic N) is 1. The van der Waals surface area contributed by atoms with Crippen LogP contribution in [0.15, 0.2) is 0 Å². The average molecular weight is 147 g/mol. The summed E-state index contributed by atoms with van der Waals surface area (Å²) < 4.78 is 4.78. The number of nitrogens with two attached hydrogens (primary N) is 1. The molecule has 2 amide bonds. The third kappa shape index (κ3) is 7.19. The lowest BCUT2D eigenvalue weighted by molar-refractivity contribution is 0.0946. The van der Waals surface area contributed by atoms with Gasteiger partial charge < -0.3 is 15.6 Å². The molecule has 0 saturated heterocycles. The zero-order valence-corrected chi connectivity index (χ0v) is 5.62. The van der Waals surface area contributed by atoms with E-state index in [9.17, 15) is 4.79 Å². The van der Waals surface area contributed by atoms with Crippen molar-refractivity contribution in [1.82, 2.24) is 5.32 Å². The Bertz CT molecular complexity index is 96.9. The van der Waals surface area contributed by atoms with Gasteiger partial charge in [-0.25, -0.2) is 10.1 Å². The molecule has 0 fully saturated rings. The lowest BCUT2D eigenvalue weighted by atomic mass is 10.6. The fourth-order valence-corrected chi connectivity index (χ4v) is 0.387. The van der Waals surface area contributed by atoms with Crippen LogP contribution in [-0.4, -0.2) is 37.5 Å². The standard InChI is InChI=1S/C5H11N2O3/c6-5(9)7-1-3-10-4-2-8/h8H,1-4H2,(H2,6,9). The van der Waals surface area contributed by atoms with E-state index >= 15 is 0 Å². The van der Waals surface area contributed by atoms with Crippen molar-refractivity contribution >= 4 is 6.03 Å². The van der Waals surface area contributed by atoms with Gasteiger partial charge in [-0.2, -0.15) is 0 Å². The molecule has 1 radical (unpaired) electrons. The van der Waals surface area contributed by atoms with Crippen molar-refractivity contribution in [3.8, 4) is 0 Å². The summed E-state index contributed by atoms with van der Waals surface area (Å²) in [6.45, 7) is 0.837. The molecule has 0 unspecified atom stereocenters. The van der Waals surface area contributed by atoms with Gasteiger partial charge in [-0.05, 0) is 0 Å². The topological polar surface area (TPSA) is 86.7 Å². The molecular weight excluding hydrogens is 136 g/mol. The minimum Gasteiger partial charge on any atom is -0.394 e. The molecule has 5 heteroatoms. The molecule has 0 saturated carbocycles. The highest BCUT2D eigenvalue weighted by Gasteiger charge is 1.92. The van der Waals surface area contributed by atoms with Gasteiger partial charge in [0, 0.05) is 0 Å². The van der Waals surface area contributed by atoms with Crippen molar-refractivity contribution in [2.75, 3.05) is 26.4 Å². The summed E-state index contributed by atoms with van der Waals surface area (Å²) >= 11 is 0. The van der Waals surface area contributed by atoms with Gasteiger partial charge in [-0.1, -0.05) is 0 Å². The molecule has 0 aromatic heterocycles. The Kier molecular flexibility index (Phi) is 5.80. The number of hydrogen-bond acceptors (Lipinski definition) is 3. The van der Waals surface area contributed by atoms with Crippen molar-refractivity contribution in [2.45, 2.75) is 0 Å². The molecular formula is C5H11N2O3. The Morgan fingerprint density at radius 1 is 1.60 bits per heavy atom. The van der Waals surface area contributed by atoms with Crippen LogP contribution in [0.3, 0.4) is 0 Å². The normalized spacial score (nSPS) is 9.30. The summed E-state index contributed by atoms with van der Waals surface area (Å²) in [5, 5.41) is 11.6. The first-order valence-electron chi connectivity index (χ1n) is 2.93. The van der Waals surface area contributed by atoms with Gasteiger partial charge in [0.1, 0.15) is 0 Å². The van der Waals surface area contributed by atoms with Crippen LogP contribution >= 0.6 is 0 Å². The predicted molar refractivity (Wildman–Crippen MR) is 34.5 cm³/mol. The number of rotatable bonds is 5. The molecule has 10 heavy (non-hydrogen) atoms. The Hall–Kier alpha value is -0.810. The zero-order valence-electron chi connectivity index (χ0n) is 5.62. The molecule has 5 nitrogen and oxygen atoms in total. The summed E-state index contributed by atoms with van der Waals surface area (Å²) in [5.74, 6) is 0. The highest BCUT2D eigenvalue weighted by atomic mass is 16.5. The highest BCUT2D eigenvalue weighted by Crippen LogP contribution is 1.71. The van der Waals surface area contributed by atoms with E-state index in [1.807, 2.05) is 0 Å². The van der Waals surface area contributed by atoms with E-state index < -0.39 is 6.03 Å². The van der Waals surface area contributed by atoms with Crippen LogP contribution in [0.5, 0.6) is 0 Å². The zero-order chi connectivity index (χ0) is 7.82. The summed E-state index contributed by atoms with van der Waals surface area (Å²) in [5.41, 5.74) is 4.70. The summed E-state index contributed by atoms with van der Waals surface area (Å²) in [6.07, 6.45) is 0. The number of carbonyl (C=O) groups excluding carboxylic acids is 1. The smallest absolute Gasteiger partial charge is 0.333 e. The van der Waals surface area contributed by atoms with Crippen LogP contribution in [-0.2, 0) is 4.74 Å². The maximum atomic E-state index is 9.98. The quantitative estimate of drug-likeness (QED) is 0.473. The van der Waals surface area contributed by atoms with Gasteiger partial charge in [0.2, 0.25) is 0 Å². The molecule has 0 aliphatic rings. The monoisotopic (exact) mass is 147 g/mol. The van der Waals surface area contributed by atoms with Crippen LogP contribution in [0.2, 0.25) is 0 Å². The molecule has 0 aliphatic carbocycles. The van der Waals surface area contributed by atoms with Gasteiger partial charge in [0.25, 0.3) is 0 Å². The minimum absolute atomic E-state index is 0.0173. The van der Waals surface area contributed by atoms with Crippen LogP contribution in [0.1, 0.15) is 0 Å². The number of hydrogen-bond donors (Lipinski definition) is 2. The van der Waals surface area contributed by atoms with E-state index in [0.717, 1.165) is 0 Å². The van der Waals surface area contributed by atoms with Crippen molar-refractivity contribution in [2.24, 2.45) is 5.73 Å². The van der Waals surface area contributed by atoms with Crippen LogP contribution < -0.4 is 11.1 Å². The number of carbonyl (C=O) groups is 1. The Labute approximate surface area is 59.2 Å². The minimum atomic E-state index is -0.687. The van der Waals surface area contributed by atoms with E-state index in [4.69, 9.17) is 15.6 Å². The fourth-order valence-electron chi connectivity index (χ4n) is 0.387. The molecule has 0 bridgehead atoms. The molecule has 0 rings (SSSR count). The lowest BCUT2D eigenvalue weighted by Gasteiger charge is -1.99. The van der Waals surface area contributed by atoms with E-state index in [-0.39, 0.29) is 19.8 Å². The third-order valence-electron chi connectivity index (χ3n) is 0.739. The third-order valence-corrected chi connectivity index (χ3v) is 0.739. The maximum Gasteiger partial charge on any atom is 0.333 e. The number of primary amides is 1. The van der Waals surface area contributed by atoms with Crippen molar-refractivity contribution < 1.29 is 14.6 Å². The predicted octanol–water partition coefficient (Wildman–Crippen LogP) is -1.32. The van der Waals surface area contributed by atoms with Gasteiger partial charge in [-0.15, -0.1) is 0 Å². The molecule has 0 aromatic rings. The van der Waals surface area contributed by atoms with Crippen LogP contribution in [0, 0.1) is 0 Å². The first kappa shape index (κ1) is 9.19. The number of amides is 2. The SMILES string of the molecule is NC(=O)[N]CCOCCO. The van der Waals surface area contributed by atoms with Crippen molar-refractivity contribution in [3.05, 3.63) is 0 Å². The molecule has 0 aliphatic heterocycles. The van der Waals surface area contributed by atoms with Gasteiger partial charge in [-0.3, -0.25) is 0 Å². The number of aliphatic hydroxyl groups is 1. The van der Waals surface area contributed by atoms with E-state index in [0.29, 0.717) is 6.61 Å². The molecule has 0 spiro atoms. The van der Waals surface area contributed by atoms with E-state index in [2.05, 4.69) is 5.32 Å². The molecule has 0 aromatic carbocycles. The number of aliphatic hydroxyl groups excluding tert-OH is 1. The van der Waals surface area contributed by atoms with Crippen LogP contribution in [0.25, 0.3) is 0 Å². The molecule has 0 atom stereocenters. The summed E-state index contributed by atoms with van der Waals surface area (Å²) in [6, 6.07) is -0.687. The number of ether oxygens (including phenoxy) is 1. The second kappa shape index (κ2) is 6.31. The lowest BCUT2D eigenvalue weighted by Crippen LogP contribution is -2.25. The Morgan fingerprint density at radius 3 is 2.80 bits per heavy atom. The van der Waals surface area contributed by atoms with Gasteiger partial charge in [0.05, 0.1) is 26.4 Å². The first-order valence-corrected chi connectivity index (χ1v) is 2.93. The van der Waals surface area contributed by atoms with Crippen molar-refractivity contribution in [1.29, 1.82) is 0 Å². The average Bonchev–Trinajstić information content (AvgIpc) is 1.87. The fraction of sp³-hybridized carbons (Fsp3) is 0.800. The Balaban J connectivity index is 2.84.